The lowest BCUT2D eigenvalue weighted by Crippen LogP contribution is -2.46. The average molecular weight is 570 g/mol. The normalized spacial score (nSPS) is 15.0. The number of anilines is 4. The Hall–Kier alpha value is -4.13. The van der Waals surface area contributed by atoms with E-state index in [4.69, 9.17) is 15.3 Å². The number of piperazine rings is 1. The van der Waals surface area contributed by atoms with Gasteiger partial charge in [-0.3, -0.25) is 9.59 Å². The summed E-state index contributed by atoms with van der Waals surface area (Å²) in [6.07, 6.45) is 6.32. The molecule has 0 spiro atoms. The molecule has 2 amide bonds. The van der Waals surface area contributed by atoms with Crippen LogP contribution in [0.5, 0.6) is 0 Å². The molecule has 1 aromatic heterocycles. The van der Waals surface area contributed by atoms with Crippen molar-refractivity contribution in [2.75, 3.05) is 101 Å². The summed E-state index contributed by atoms with van der Waals surface area (Å²) in [5, 5.41) is 7.00. The third kappa shape index (κ3) is 9.48. The lowest BCUT2D eigenvalue weighted by atomic mass is 10.2. The number of amides is 2. The predicted molar refractivity (Wildman–Crippen MR) is 161 cm³/mol. The van der Waals surface area contributed by atoms with Crippen LogP contribution in [0, 0.1) is 0 Å². The molecule has 0 saturated carbocycles. The van der Waals surface area contributed by atoms with Gasteiger partial charge in [0.25, 0.3) is 5.91 Å². The molecule has 13 heteroatoms. The van der Waals surface area contributed by atoms with E-state index in [-0.39, 0.29) is 18.3 Å². The Labute approximate surface area is 242 Å². The van der Waals surface area contributed by atoms with Crippen LogP contribution in [0.1, 0.15) is 25.3 Å². The van der Waals surface area contributed by atoms with Gasteiger partial charge in [-0.2, -0.15) is 0 Å². The number of nitrogens with zero attached hydrogens (tertiary/aromatic N) is 7. The van der Waals surface area contributed by atoms with Crippen molar-refractivity contribution in [3.8, 4) is 0 Å². The van der Waals surface area contributed by atoms with Crippen molar-refractivity contribution < 1.29 is 19.2 Å². The number of nitrogens with two attached hydrogens (primary N) is 1. The number of ether oxygens (including phenoxy) is 1. The first kappa shape index (κ1) is 31.4. The zero-order chi connectivity index (χ0) is 29.5. The van der Waals surface area contributed by atoms with E-state index in [1.165, 1.54) is 49.8 Å². The number of aromatic nitrogens is 2. The summed E-state index contributed by atoms with van der Waals surface area (Å²) in [5.74, 6) is 0.697. The summed E-state index contributed by atoms with van der Waals surface area (Å²) in [7, 11) is 3.53. The Bertz CT molecular complexity index is 1100. The van der Waals surface area contributed by atoms with Gasteiger partial charge in [0, 0.05) is 77.9 Å². The van der Waals surface area contributed by atoms with Gasteiger partial charge in [0.15, 0.2) is 6.61 Å². The highest BCUT2D eigenvalue weighted by Gasteiger charge is 2.20. The quantitative estimate of drug-likeness (QED) is 0.219. The first-order valence-corrected chi connectivity index (χ1v) is 14.0. The molecule has 2 fully saturated rings. The molecule has 0 radical (unpaired) electrons. The summed E-state index contributed by atoms with van der Waals surface area (Å²) in [5.41, 5.74) is 9.02. The van der Waals surface area contributed by atoms with Gasteiger partial charge in [-0.25, -0.2) is 9.97 Å². The second-order valence-corrected chi connectivity index (χ2v) is 9.59. The number of methoxy groups -OCH3 is 1. The molecule has 0 unspecified atom stereocenters. The lowest BCUT2D eigenvalue weighted by molar-refractivity contribution is -0.136. The Balaban J connectivity index is 0.000000294. The van der Waals surface area contributed by atoms with E-state index in [1.54, 1.807) is 16.9 Å². The van der Waals surface area contributed by atoms with Crippen molar-refractivity contribution in [3.63, 3.8) is 0 Å². The van der Waals surface area contributed by atoms with Crippen LogP contribution >= 0.6 is 0 Å². The molecule has 1 aromatic carbocycles. The molecule has 2 saturated heterocycles. The van der Waals surface area contributed by atoms with Gasteiger partial charge in [0.05, 0.1) is 18.4 Å². The first-order valence-electron chi connectivity index (χ1n) is 14.0. The average Bonchev–Trinajstić information content (AvgIpc) is 3.56. The highest BCUT2D eigenvalue weighted by Crippen LogP contribution is 2.22. The molecule has 4 rings (SSSR count). The minimum Gasteiger partial charge on any atom is -0.388 e. The molecule has 224 valence electrons. The molecule has 0 aliphatic carbocycles. The standard InChI is InChI=1S/C17H27N7O4.C11H16N2/c1-3-23(8-9-27-2)15(26)11-28-21-10-14-16(18)19-12-20-17(14)24-6-4-22(13-25)5-7-24;1-12-10-4-6-11(7-5-10)13-8-2-3-9-13/h10,12-13H,3-9,11H2,1-2H3,(H2,18,19,20);4-7,12H,2-3,8-9H2,1H3/b21-10+;. The number of hydrogen-bond acceptors (Lipinski definition) is 11. The Morgan fingerprint density at radius 1 is 1.10 bits per heavy atom. The molecular formula is C28H43N9O4. The van der Waals surface area contributed by atoms with Crippen molar-refractivity contribution in [2.24, 2.45) is 5.16 Å². The van der Waals surface area contributed by atoms with Crippen LogP contribution in [0.3, 0.4) is 0 Å². The van der Waals surface area contributed by atoms with Crippen molar-refractivity contribution in [1.82, 2.24) is 19.8 Å². The number of carbonyl (C=O) groups is 2. The van der Waals surface area contributed by atoms with Crippen molar-refractivity contribution in [3.05, 3.63) is 36.2 Å². The van der Waals surface area contributed by atoms with E-state index in [0.29, 0.717) is 57.3 Å². The van der Waals surface area contributed by atoms with E-state index in [2.05, 4.69) is 49.6 Å². The lowest BCUT2D eigenvalue weighted by Gasteiger charge is -2.33. The van der Waals surface area contributed by atoms with Crippen LogP contribution in [0.4, 0.5) is 23.0 Å². The van der Waals surface area contributed by atoms with Gasteiger partial charge >= 0.3 is 0 Å². The van der Waals surface area contributed by atoms with Crippen molar-refractivity contribution in [1.29, 1.82) is 0 Å². The van der Waals surface area contributed by atoms with Crippen LogP contribution in [0.25, 0.3) is 0 Å². The number of carbonyl (C=O) groups excluding carboxylic acids is 2. The number of hydrogen-bond donors (Lipinski definition) is 2. The van der Waals surface area contributed by atoms with E-state index < -0.39 is 0 Å². The molecule has 41 heavy (non-hydrogen) atoms. The number of rotatable bonds is 12. The molecule has 0 atom stereocenters. The Morgan fingerprint density at radius 3 is 2.41 bits per heavy atom. The fourth-order valence-electron chi connectivity index (χ4n) is 4.56. The van der Waals surface area contributed by atoms with Gasteiger partial charge in [-0.15, -0.1) is 0 Å². The summed E-state index contributed by atoms with van der Waals surface area (Å²) in [6, 6.07) is 8.65. The molecule has 0 bridgehead atoms. The van der Waals surface area contributed by atoms with Gasteiger partial charge in [0.1, 0.15) is 18.0 Å². The van der Waals surface area contributed by atoms with E-state index >= 15 is 0 Å². The number of oxime groups is 1. The van der Waals surface area contributed by atoms with Gasteiger partial charge < -0.3 is 40.2 Å². The third-order valence-corrected chi connectivity index (χ3v) is 7.03. The predicted octanol–water partition coefficient (Wildman–Crippen LogP) is 1.51. The summed E-state index contributed by atoms with van der Waals surface area (Å²) in [4.78, 5) is 44.2. The van der Waals surface area contributed by atoms with Crippen LogP contribution in [0.15, 0.2) is 35.7 Å². The van der Waals surface area contributed by atoms with Crippen LogP contribution in [0.2, 0.25) is 0 Å². The number of likely N-dealkylation sites (N-methyl/N-ethyl adjacent to an activating group) is 1. The highest BCUT2D eigenvalue weighted by molar-refractivity contribution is 5.91. The molecule has 3 heterocycles. The molecule has 2 aliphatic heterocycles. The largest absolute Gasteiger partial charge is 0.388 e. The smallest absolute Gasteiger partial charge is 0.263 e. The van der Waals surface area contributed by atoms with E-state index in [0.717, 1.165) is 6.41 Å². The fraction of sp³-hybridized carbons (Fsp3) is 0.536. The van der Waals surface area contributed by atoms with Crippen LogP contribution in [-0.2, 0) is 19.2 Å². The second-order valence-electron chi connectivity index (χ2n) is 9.59. The third-order valence-electron chi connectivity index (χ3n) is 7.03. The number of nitrogen functional groups attached to an aromatic ring is 1. The number of nitrogens with one attached hydrogen (secondary N) is 1. The fourth-order valence-corrected chi connectivity index (χ4v) is 4.56. The maximum Gasteiger partial charge on any atom is 0.263 e. The summed E-state index contributed by atoms with van der Waals surface area (Å²) >= 11 is 0. The van der Waals surface area contributed by atoms with Crippen LogP contribution < -0.4 is 20.9 Å². The maximum atomic E-state index is 12.1. The zero-order valence-electron chi connectivity index (χ0n) is 24.4. The molecule has 2 aliphatic rings. The minimum absolute atomic E-state index is 0.181. The van der Waals surface area contributed by atoms with E-state index in [1.807, 2.05) is 18.9 Å². The maximum absolute atomic E-state index is 12.1. The Morgan fingerprint density at radius 2 is 1.80 bits per heavy atom. The van der Waals surface area contributed by atoms with Crippen molar-refractivity contribution >= 4 is 41.5 Å². The summed E-state index contributed by atoms with van der Waals surface area (Å²) < 4.78 is 4.99. The molecule has 13 nitrogen and oxygen atoms in total. The second kappa shape index (κ2) is 16.9. The van der Waals surface area contributed by atoms with Crippen molar-refractivity contribution in [2.45, 2.75) is 19.8 Å². The van der Waals surface area contributed by atoms with Gasteiger partial charge in [-0.05, 0) is 44.0 Å². The number of benzene rings is 1. The van der Waals surface area contributed by atoms with Gasteiger partial charge in [0.2, 0.25) is 6.41 Å². The van der Waals surface area contributed by atoms with Crippen LogP contribution in [-0.4, -0.2) is 118 Å². The van der Waals surface area contributed by atoms with E-state index in [9.17, 15) is 9.59 Å². The molecular weight excluding hydrogens is 526 g/mol. The van der Waals surface area contributed by atoms with Gasteiger partial charge in [-0.1, -0.05) is 5.16 Å². The first-order chi connectivity index (χ1) is 20.0. The topological polar surface area (TPSA) is 142 Å². The Kier molecular flexibility index (Phi) is 12.9. The SMILES string of the molecule is CCN(CCOC)C(=O)CO/N=C/c1c(N)ncnc1N1CCN(C=O)CC1.CNc1ccc(N2CCCC2)cc1. The highest BCUT2D eigenvalue weighted by atomic mass is 16.6. The summed E-state index contributed by atoms with van der Waals surface area (Å²) in [6.45, 7) is 8.11. The zero-order valence-corrected chi connectivity index (χ0v) is 24.4. The molecule has 3 N–H and O–H groups in total. The minimum atomic E-state index is -0.186. The monoisotopic (exact) mass is 569 g/mol. The molecule has 2 aromatic rings.